The number of hydrazine groups is 1. The summed E-state index contributed by atoms with van der Waals surface area (Å²) in [4.78, 5) is 17.3. The highest BCUT2D eigenvalue weighted by Crippen LogP contribution is 2.24. The standard InChI is InChI=1S/C19H17N9/c1-22-28(12-13-2-5-17-23-6-7-27(17)11-13)19-18(21)25-10-16(26-19)14-3-4-15(8-20)24-9-14/h2-7,9-11,22H,12H2,1H3,(H2,21,25). The topological polar surface area (TPSA) is 121 Å². The number of nitrogens with zero attached hydrogens (tertiary/aromatic N) is 7. The van der Waals surface area contributed by atoms with Crippen molar-refractivity contribution in [2.75, 3.05) is 17.8 Å². The molecule has 0 fully saturated rings. The molecule has 3 N–H and O–H groups in total. The van der Waals surface area contributed by atoms with Crippen molar-refractivity contribution < 1.29 is 0 Å². The maximum atomic E-state index is 8.90. The van der Waals surface area contributed by atoms with Crippen molar-refractivity contribution in [1.82, 2.24) is 29.8 Å². The van der Waals surface area contributed by atoms with Gasteiger partial charge in [0.05, 0.1) is 18.4 Å². The van der Waals surface area contributed by atoms with Gasteiger partial charge in [0.15, 0.2) is 11.6 Å². The first-order valence-corrected chi connectivity index (χ1v) is 8.53. The largest absolute Gasteiger partial charge is 0.381 e. The Bertz CT molecular complexity index is 1160. The minimum Gasteiger partial charge on any atom is -0.381 e. The third-order valence-electron chi connectivity index (χ3n) is 4.27. The third-order valence-corrected chi connectivity index (χ3v) is 4.27. The molecule has 0 amide bonds. The van der Waals surface area contributed by atoms with E-state index < -0.39 is 0 Å². The Morgan fingerprint density at radius 3 is 2.82 bits per heavy atom. The number of rotatable bonds is 5. The second kappa shape index (κ2) is 7.30. The lowest BCUT2D eigenvalue weighted by molar-refractivity contribution is 0.687. The summed E-state index contributed by atoms with van der Waals surface area (Å²) in [6.07, 6.45) is 8.85. The van der Waals surface area contributed by atoms with Gasteiger partial charge in [0.25, 0.3) is 0 Å². The van der Waals surface area contributed by atoms with E-state index in [4.69, 9.17) is 11.0 Å². The number of imidazole rings is 1. The summed E-state index contributed by atoms with van der Waals surface area (Å²) < 4.78 is 1.96. The van der Waals surface area contributed by atoms with Crippen LogP contribution in [0.3, 0.4) is 0 Å². The molecule has 0 atom stereocenters. The molecule has 0 saturated carbocycles. The average molecular weight is 371 g/mol. The lowest BCUT2D eigenvalue weighted by atomic mass is 10.2. The summed E-state index contributed by atoms with van der Waals surface area (Å²) in [6, 6.07) is 9.39. The fraction of sp³-hybridized carbons (Fsp3) is 0.105. The lowest BCUT2D eigenvalue weighted by Crippen LogP contribution is -2.36. The number of anilines is 2. The number of nitrogens with one attached hydrogen (secondary N) is 1. The third kappa shape index (κ3) is 3.32. The van der Waals surface area contributed by atoms with Crippen molar-refractivity contribution in [3.63, 3.8) is 0 Å². The zero-order valence-electron chi connectivity index (χ0n) is 15.1. The number of nitrogen functional groups attached to an aromatic ring is 1. The van der Waals surface area contributed by atoms with Gasteiger partial charge in [-0.25, -0.2) is 25.4 Å². The molecule has 0 unspecified atom stereocenters. The van der Waals surface area contributed by atoms with E-state index in [1.165, 1.54) is 0 Å². The first-order chi connectivity index (χ1) is 13.7. The molecule has 4 aromatic rings. The summed E-state index contributed by atoms with van der Waals surface area (Å²) in [7, 11) is 1.80. The molecule has 0 aliphatic rings. The molecule has 0 spiro atoms. The Kier molecular flexibility index (Phi) is 4.53. The number of hydrogen-bond acceptors (Lipinski definition) is 8. The number of nitrogens with two attached hydrogens (primary N) is 1. The van der Waals surface area contributed by atoms with Crippen molar-refractivity contribution in [3.8, 4) is 17.3 Å². The Morgan fingerprint density at radius 1 is 1.18 bits per heavy atom. The summed E-state index contributed by atoms with van der Waals surface area (Å²) in [5.41, 5.74) is 12.9. The van der Waals surface area contributed by atoms with E-state index in [9.17, 15) is 0 Å². The zero-order chi connectivity index (χ0) is 19.5. The molecule has 9 nitrogen and oxygen atoms in total. The predicted octanol–water partition coefficient (Wildman–Crippen LogP) is 1.78. The second-order valence-corrected chi connectivity index (χ2v) is 6.05. The molecular formula is C19H17N9. The molecule has 28 heavy (non-hydrogen) atoms. The molecule has 0 aliphatic heterocycles. The average Bonchev–Trinajstić information content (AvgIpc) is 3.20. The SMILES string of the molecule is CNN(Cc1ccc2nccn2c1)c1nc(-c2ccc(C#N)nc2)cnc1N. The maximum Gasteiger partial charge on any atom is 0.186 e. The van der Waals surface area contributed by atoms with Gasteiger partial charge < -0.3 is 10.1 Å². The van der Waals surface area contributed by atoms with E-state index in [1.807, 2.05) is 40.0 Å². The van der Waals surface area contributed by atoms with Crippen molar-refractivity contribution >= 4 is 17.3 Å². The van der Waals surface area contributed by atoms with Crippen LogP contribution < -0.4 is 16.2 Å². The highest BCUT2D eigenvalue weighted by molar-refractivity contribution is 5.65. The Balaban J connectivity index is 1.65. The van der Waals surface area contributed by atoms with E-state index >= 15 is 0 Å². The zero-order valence-corrected chi connectivity index (χ0v) is 15.1. The van der Waals surface area contributed by atoms with Crippen LogP contribution >= 0.6 is 0 Å². The van der Waals surface area contributed by atoms with E-state index in [-0.39, 0.29) is 0 Å². The minimum atomic E-state index is 0.309. The molecule has 0 aromatic carbocycles. The van der Waals surface area contributed by atoms with Crippen LogP contribution in [0.15, 0.2) is 55.2 Å². The maximum absolute atomic E-state index is 8.90. The molecule has 0 saturated heterocycles. The van der Waals surface area contributed by atoms with Gasteiger partial charge in [0.1, 0.15) is 17.4 Å². The first kappa shape index (κ1) is 17.4. The van der Waals surface area contributed by atoms with Crippen molar-refractivity contribution in [2.24, 2.45) is 0 Å². The predicted molar refractivity (Wildman–Crippen MR) is 105 cm³/mol. The van der Waals surface area contributed by atoms with Crippen LogP contribution in [-0.4, -0.2) is 31.4 Å². The Hall–Kier alpha value is -4.03. The normalized spacial score (nSPS) is 10.7. The summed E-state index contributed by atoms with van der Waals surface area (Å²) >= 11 is 0. The Labute approximate surface area is 161 Å². The van der Waals surface area contributed by atoms with Crippen molar-refractivity contribution in [2.45, 2.75) is 6.54 Å². The van der Waals surface area contributed by atoms with Gasteiger partial charge in [0.2, 0.25) is 0 Å². The summed E-state index contributed by atoms with van der Waals surface area (Å²) in [5, 5.41) is 10.7. The molecule has 9 heteroatoms. The minimum absolute atomic E-state index is 0.309. The van der Waals surface area contributed by atoms with Crippen molar-refractivity contribution in [3.05, 3.63) is 66.5 Å². The fourth-order valence-corrected chi connectivity index (χ4v) is 2.84. The van der Waals surface area contributed by atoms with Crippen LogP contribution in [0.4, 0.5) is 11.6 Å². The van der Waals surface area contributed by atoms with E-state index in [2.05, 4.69) is 25.4 Å². The highest BCUT2D eigenvalue weighted by atomic mass is 15.5. The fourth-order valence-electron chi connectivity index (χ4n) is 2.84. The molecule has 0 aliphatic carbocycles. The molecule has 0 radical (unpaired) electrons. The van der Waals surface area contributed by atoms with Crippen LogP contribution in [0.2, 0.25) is 0 Å². The molecule has 4 aromatic heterocycles. The smallest absolute Gasteiger partial charge is 0.186 e. The highest BCUT2D eigenvalue weighted by Gasteiger charge is 2.14. The van der Waals surface area contributed by atoms with E-state index in [0.29, 0.717) is 29.6 Å². The second-order valence-electron chi connectivity index (χ2n) is 6.05. The van der Waals surface area contributed by atoms with Crippen LogP contribution in [0.25, 0.3) is 16.9 Å². The van der Waals surface area contributed by atoms with Gasteiger partial charge in [0, 0.05) is 37.4 Å². The van der Waals surface area contributed by atoms with Crippen LogP contribution in [0.1, 0.15) is 11.3 Å². The van der Waals surface area contributed by atoms with Crippen LogP contribution in [-0.2, 0) is 6.54 Å². The number of nitriles is 1. The van der Waals surface area contributed by atoms with Gasteiger partial charge in [-0.05, 0) is 23.8 Å². The number of fused-ring (bicyclic) bond motifs is 1. The van der Waals surface area contributed by atoms with E-state index in [0.717, 1.165) is 16.8 Å². The van der Waals surface area contributed by atoms with Gasteiger partial charge >= 0.3 is 0 Å². The van der Waals surface area contributed by atoms with Gasteiger partial charge in [-0.15, -0.1) is 0 Å². The summed E-state index contributed by atoms with van der Waals surface area (Å²) in [5.74, 6) is 0.818. The molecule has 4 heterocycles. The molecule has 0 bridgehead atoms. The van der Waals surface area contributed by atoms with Crippen LogP contribution in [0, 0.1) is 11.3 Å². The van der Waals surface area contributed by atoms with Gasteiger partial charge in [-0.1, -0.05) is 6.07 Å². The lowest BCUT2D eigenvalue weighted by Gasteiger charge is -2.23. The summed E-state index contributed by atoms with van der Waals surface area (Å²) in [6.45, 7) is 0.526. The molecule has 4 rings (SSSR count). The monoisotopic (exact) mass is 371 g/mol. The Morgan fingerprint density at radius 2 is 2.07 bits per heavy atom. The molecule has 138 valence electrons. The van der Waals surface area contributed by atoms with Crippen LogP contribution in [0.5, 0.6) is 0 Å². The van der Waals surface area contributed by atoms with E-state index in [1.54, 1.807) is 37.8 Å². The first-order valence-electron chi connectivity index (χ1n) is 8.53. The van der Waals surface area contributed by atoms with Crippen molar-refractivity contribution in [1.29, 1.82) is 5.26 Å². The number of pyridine rings is 2. The number of hydrogen-bond donors (Lipinski definition) is 2. The van der Waals surface area contributed by atoms with Gasteiger partial charge in [-0.2, -0.15) is 5.26 Å². The number of aromatic nitrogens is 5. The quantitative estimate of drug-likeness (QED) is 0.509. The molecular weight excluding hydrogens is 354 g/mol. The van der Waals surface area contributed by atoms with Gasteiger partial charge in [-0.3, -0.25) is 5.01 Å².